The van der Waals surface area contributed by atoms with Crippen molar-refractivity contribution in [1.29, 1.82) is 0 Å². The summed E-state index contributed by atoms with van der Waals surface area (Å²) in [6, 6.07) is 5.33. The molecule has 0 amide bonds. The van der Waals surface area contributed by atoms with E-state index in [9.17, 15) is 4.79 Å². The number of H-pyrrole nitrogens is 1. The Bertz CT molecular complexity index is 834. The van der Waals surface area contributed by atoms with Crippen molar-refractivity contribution in [2.75, 3.05) is 0 Å². The normalized spacial score (nSPS) is 10.8. The molecule has 0 saturated heterocycles. The number of aromatic amines is 1. The molecule has 21 heavy (non-hydrogen) atoms. The number of hydrogen-bond acceptors (Lipinski definition) is 4. The van der Waals surface area contributed by atoms with Gasteiger partial charge in [0.05, 0.1) is 11.9 Å². The van der Waals surface area contributed by atoms with Gasteiger partial charge in [-0.2, -0.15) is 5.10 Å². The van der Waals surface area contributed by atoms with Crippen LogP contribution in [0.1, 0.15) is 12.5 Å². The van der Waals surface area contributed by atoms with Crippen LogP contribution in [0.2, 0.25) is 0 Å². The predicted molar refractivity (Wildman–Crippen MR) is 79.7 cm³/mol. The zero-order valence-electron chi connectivity index (χ0n) is 11.9. The lowest BCUT2D eigenvalue weighted by molar-refractivity contribution is 0.768. The first-order valence-corrected chi connectivity index (χ1v) is 6.72. The fourth-order valence-corrected chi connectivity index (χ4v) is 2.21. The molecule has 6 heteroatoms. The average Bonchev–Trinajstić information content (AvgIpc) is 2.93. The Balaban J connectivity index is 2.16. The van der Waals surface area contributed by atoms with Crippen molar-refractivity contribution >= 4 is 0 Å². The second-order valence-corrected chi connectivity index (χ2v) is 4.75. The Morgan fingerprint density at radius 2 is 2.24 bits per heavy atom. The predicted octanol–water partition coefficient (Wildman–Crippen LogP) is 1.79. The standard InChI is InChI=1S/C15H15N5O/c1-3-10-5-4-6-16-14(10)15-18-12(7-13(21)19-15)11-8-17-20(2)9-11/h4-9H,3H2,1-2H3,(H,18,19,21). The highest BCUT2D eigenvalue weighted by Crippen LogP contribution is 2.20. The van der Waals surface area contributed by atoms with Crippen LogP contribution in [-0.4, -0.2) is 24.7 Å². The quantitative estimate of drug-likeness (QED) is 0.794. The van der Waals surface area contributed by atoms with Crippen molar-refractivity contribution in [3.63, 3.8) is 0 Å². The number of nitrogens with zero attached hydrogens (tertiary/aromatic N) is 4. The molecule has 0 unspecified atom stereocenters. The summed E-state index contributed by atoms with van der Waals surface area (Å²) in [6.07, 6.45) is 6.03. The number of pyridine rings is 1. The molecule has 106 valence electrons. The summed E-state index contributed by atoms with van der Waals surface area (Å²) in [6.45, 7) is 2.05. The lowest BCUT2D eigenvalue weighted by atomic mass is 10.1. The second kappa shape index (κ2) is 5.32. The van der Waals surface area contributed by atoms with Gasteiger partial charge in [0.1, 0.15) is 5.69 Å². The number of nitrogens with one attached hydrogen (secondary N) is 1. The maximum atomic E-state index is 11.9. The molecule has 0 bridgehead atoms. The van der Waals surface area contributed by atoms with E-state index in [0.717, 1.165) is 17.5 Å². The van der Waals surface area contributed by atoms with E-state index in [-0.39, 0.29) is 5.56 Å². The van der Waals surface area contributed by atoms with Crippen molar-refractivity contribution in [2.45, 2.75) is 13.3 Å². The maximum Gasteiger partial charge on any atom is 0.251 e. The molecule has 6 nitrogen and oxygen atoms in total. The Kier molecular flexibility index (Phi) is 3.35. The zero-order chi connectivity index (χ0) is 14.8. The number of hydrogen-bond donors (Lipinski definition) is 1. The van der Waals surface area contributed by atoms with Gasteiger partial charge in [0.2, 0.25) is 0 Å². The number of rotatable bonds is 3. The van der Waals surface area contributed by atoms with Gasteiger partial charge in [-0.15, -0.1) is 0 Å². The SMILES string of the molecule is CCc1cccnc1-c1nc(-c2cnn(C)c2)cc(=O)[nH]1. The van der Waals surface area contributed by atoms with Crippen LogP contribution in [0, 0.1) is 0 Å². The number of aryl methyl sites for hydroxylation is 2. The molecule has 1 N–H and O–H groups in total. The second-order valence-electron chi connectivity index (χ2n) is 4.75. The molecule has 3 rings (SSSR count). The summed E-state index contributed by atoms with van der Waals surface area (Å²) >= 11 is 0. The van der Waals surface area contributed by atoms with Gasteiger partial charge in [0, 0.05) is 31.1 Å². The fourth-order valence-electron chi connectivity index (χ4n) is 2.21. The molecule has 0 aliphatic carbocycles. The van der Waals surface area contributed by atoms with Gasteiger partial charge in [0.25, 0.3) is 5.56 Å². The maximum absolute atomic E-state index is 11.9. The first-order chi connectivity index (χ1) is 10.2. The van der Waals surface area contributed by atoms with Gasteiger partial charge in [-0.25, -0.2) is 4.98 Å². The van der Waals surface area contributed by atoms with Crippen molar-refractivity contribution in [2.24, 2.45) is 7.05 Å². The molecule has 3 heterocycles. The van der Waals surface area contributed by atoms with Gasteiger partial charge >= 0.3 is 0 Å². The molecular weight excluding hydrogens is 266 g/mol. The summed E-state index contributed by atoms with van der Waals surface area (Å²) in [5.74, 6) is 0.485. The van der Waals surface area contributed by atoms with Crippen LogP contribution >= 0.6 is 0 Å². The van der Waals surface area contributed by atoms with Crippen molar-refractivity contribution in [1.82, 2.24) is 24.7 Å². The monoisotopic (exact) mass is 281 g/mol. The summed E-state index contributed by atoms with van der Waals surface area (Å²) in [5.41, 5.74) is 2.95. The van der Waals surface area contributed by atoms with Crippen LogP contribution in [0.25, 0.3) is 22.8 Å². The smallest absolute Gasteiger partial charge is 0.251 e. The Morgan fingerprint density at radius 1 is 1.38 bits per heavy atom. The minimum atomic E-state index is -0.202. The Morgan fingerprint density at radius 3 is 2.95 bits per heavy atom. The van der Waals surface area contributed by atoms with E-state index < -0.39 is 0 Å². The summed E-state index contributed by atoms with van der Waals surface area (Å²) in [5, 5.41) is 4.11. The largest absolute Gasteiger partial charge is 0.305 e. The van der Waals surface area contributed by atoms with Crippen LogP contribution in [-0.2, 0) is 13.5 Å². The van der Waals surface area contributed by atoms with Gasteiger partial charge in [-0.3, -0.25) is 14.5 Å². The van der Waals surface area contributed by atoms with E-state index >= 15 is 0 Å². The van der Waals surface area contributed by atoms with Gasteiger partial charge in [0.15, 0.2) is 5.82 Å². The molecule has 0 aliphatic heterocycles. The molecule has 0 aromatic carbocycles. The number of aromatic nitrogens is 5. The summed E-state index contributed by atoms with van der Waals surface area (Å²) < 4.78 is 1.68. The molecule has 0 fully saturated rings. The highest BCUT2D eigenvalue weighted by Gasteiger charge is 2.11. The third kappa shape index (κ3) is 2.60. The van der Waals surface area contributed by atoms with E-state index in [0.29, 0.717) is 17.2 Å². The van der Waals surface area contributed by atoms with Gasteiger partial charge < -0.3 is 4.98 Å². The van der Waals surface area contributed by atoms with E-state index in [1.807, 2.05) is 32.3 Å². The van der Waals surface area contributed by atoms with Crippen molar-refractivity contribution in [3.05, 3.63) is 52.7 Å². The average molecular weight is 281 g/mol. The molecule has 3 aromatic rings. The molecule has 0 spiro atoms. The summed E-state index contributed by atoms with van der Waals surface area (Å²) in [7, 11) is 1.82. The lowest BCUT2D eigenvalue weighted by Gasteiger charge is -2.06. The van der Waals surface area contributed by atoms with E-state index in [4.69, 9.17) is 0 Å². The van der Waals surface area contributed by atoms with Gasteiger partial charge in [-0.05, 0) is 18.1 Å². The van der Waals surface area contributed by atoms with Crippen molar-refractivity contribution in [3.8, 4) is 22.8 Å². The molecule has 0 saturated carbocycles. The zero-order valence-corrected chi connectivity index (χ0v) is 11.9. The van der Waals surface area contributed by atoms with Crippen LogP contribution < -0.4 is 5.56 Å². The molecule has 0 atom stereocenters. The van der Waals surface area contributed by atoms with E-state index in [1.165, 1.54) is 6.07 Å². The Hall–Kier alpha value is -2.76. The molecular formula is C15H15N5O. The van der Waals surface area contributed by atoms with Crippen LogP contribution in [0.4, 0.5) is 0 Å². The summed E-state index contributed by atoms with van der Waals surface area (Å²) in [4.78, 5) is 23.5. The van der Waals surface area contributed by atoms with Gasteiger partial charge in [-0.1, -0.05) is 13.0 Å². The first kappa shape index (κ1) is 13.2. The van der Waals surface area contributed by atoms with Crippen LogP contribution in [0.3, 0.4) is 0 Å². The van der Waals surface area contributed by atoms with Crippen LogP contribution in [0.5, 0.6) is 0 Å². The molecule has 0 aliphatic rings. The first-order valence-electron chi connectivity index (χ1n) is 6.72. The molecule has 3 aromatic heterocycles. The minimum absolute atomic E-state index is 0.202. The third-order valence-electron chi connectivity index (χ3n) is 3.24. The highest BCUT2D eigenvalue weighted by molar-refractivity contribution is 5.62. The fraction of sp³-hybridized carbons (Fsp3) is 0.200. The minimum Gasteiger partial charge on any atom is -0.305 e. The van der Waals surface area contributed by atoms with Crippen molar-refractivity contribution < 1.29 is 0 Å². The Labute approximate surface area is 121 Å². The topological polar surface area (TPSA) is 76.5 Å². The molecule has 0 radical (unpaired) electrons. The third-order valence-corrected chi connectivity index (χ3v) is 3.24. The van der Waals surface area contributed by atoms with E-state index in [2.05, 4.69) is 20.1 Å². The van der Waals surface area contributed by atoms with E-state index in [1.54, 1.807) is 17.1 Å². The highest BCUT2D eigenvalue weighted by atomic mass is 16.1. The lowest BCUT2D eigenvalue weighted by Crippen LogP contribution is -2.10. The van der Waals surface area contributed by atoms with Crippen LogP contribution in [0.15, 0.2) is 41.6 Å².